The van der Waals surface area contributed by atoms with Gasteiger partial charge in [-0.25, -0.2) is 0 Å². The van der Waals surface area contributed by atoms with Crippen LogP contribution in [0.25, 0.3) is 10.9 Å². The normalized spacial score (nSPS) is 13.6. The SMILES string of the molecule is C=CC(CC(N=O)c1ccc2ncc(Br)cc2c1)C(=O)O. The lowest BCUT2D eigenvalue weighted by atomic mass is 9.94. The minimum absolute atomic E-state index is 0.0925. The average Bonchev–Trinajstić information content (AvgIpc) is 2.47. The van der Waals surface area contributed by atoms with Gasteiger partial charge in [0, 0.05) is 16.1 Å². The molecule has 0 bridgehead atoms. The molecule has 0 radical (unpaired) electrons. The van der Waals surface area contributed by atoms with E-state index in [0.29, 0.717) is 5.56 Å². The topological polar surface area (TPSA) is 79.6 Å². The Morgan fingerprint density at radius 2 is 2.24 bits per heavy atom. The second-order valence-electron chi connectivity index (χ2n) is 4.64. The number of carboxylic acids is 1. The van der Waals surface area contributed by atoms with Gasteiger partial charge < -0.3 is 5.11 Å². The minimum Gasteiger partial charge on any atom is -0.481 e. The van der Waals surface area contributed by atoms with Gasteiger partial charge in [-0.3, -0.25) is 9.78 Å². The van der Waals surface area contributed by atoms with Gasteiger partial charge in [-0.15, -0.1) is 6.58 Å². The number of nitrogens with zero attached hydrogens (tertiary/aromatic N) is 2. The Kier molecular flexibility index (Phi) is 4.80. The third-order valence-electron chi connectivity index (χ3n) is 3.26. The van der Waals surface area contributed by atoms with Crippen LogP contribution in [0.4, 0.5) is 0 Å². The predicted octanol–water partition coefficient (Wildman–Crippen LogP) is 4.08. The number of nitroso groups, excluding NO2 is 1. The van der Waals surface area contributed by atoms with Crippen molar-refractivity contribution in [2.45, 2.75) is 12.5 Å². The Labute approximate surface area is 129 Å². The molecule has 2 aromatic rings. The van der Waals surface area contributed by atoms with Gasteiger partial charge in [-0.2, -0.15) is 4.91 Å². The summed E-state index contributed by atoms with van der Waals surface area (Å²) in [4.78, 5) is 26.4. The molecule has 108 valence electrons. The first-order chi connectivity index (χ1) is 10.0. The Bertz CT molecular complexity index is 702. The van der Waals surface area contributed by atoms with Crippen molar-refractivity contribution in [1.82, 2.24) is 4.98 Å². The van der Waals surface area contributed by atoms with E-state index >= 15 is 0 Å². The number of pyridine rings is 1. The highest BCUT2D eigenvalue weighted by molar-refractivity contribution is 9.10. The highest BCUT2D eigenvalue weighted by atomic mass is 79.9. The summed E-state index contributed by atoms with van der Waals surface area (Å²) in [5, 5.41) is 13.0. The van der Waals surface area contributed by atoms with E-state index in [0.717, 1.165) is 15.4 Å². The number of hydrogen-bond donors (Lipinski definition) is 1. The standard InChI is InChI=1S/C15H13BrN2O3/c1-2-9(15(19)20)7-14(18-21)10-3-4-13-11(5-10)6-12(16)8-17-13/h2-6,8-9,14H,1,7H2,(H,19,20). The smallest absolute Gasteiger partial charge is 0.310 e. The van der Waals surface area contributed by atoms with E-state index in [2.05, 4.69) is 32.7 Å². The van der Waals surface area contributed by atoms with Crippen LogP contribution in [-0.4, -0.2) is 16.1 Å². The predicted molar refractivity (Wildman–Crippen MR) is 83.9 cm³/mol. The van der Waals surface area contributed by atoms with Gasteiger partial charge in [-0.1, -0.05) is 17.3 Å². The van der Waals surface area contributed by atoms with Crippen LogP contribution in [0.1, 0.15) is 18.0 Å². The lowest BCUT2D eigenvalue weighted by molar-refractivity contribution is -0.140. The first-order valence-electron chi connectivity index (χ1n) is 6.28. The molecule has 2 rings (SSSR count). The van der Waals surface area contributed by atoms with Crippen molar-refractivity contribution in [3.8, 4) is 0 Å². The van der Waals surface area contributed by atoms with E-state index in [1.807, 2.05) is 6.07 Å². The van der Waals surface area contributed by atoms with Gasteiger partial charge in [0.1, 0.15) is 6.04 Å². The fourth-order valence-electron chi connectivity index (χ4n) is 2.11. The molecule has 0 saturated heterocycles. The lowest BCUT2D eigenvalue weighted by Crippen LogP contribution is -2.14. The second-order valence-corrected chi connectivity index (χ2v) is 5.56. The molecular formula is C15H13BrN2O3. The third-order valence-corrected chi connectivity index (χ3v) is 3.70. The van der Waals surface area contributed by atoms with Gasteiger partial charge in [-0.05, 0) is 46.1 Å². The van der Waals surface area contributed by atoms with Crippen molar-refractivity contribution in [3.05, 3.63) is 58.1 Å². The van der Waals surface area contributed by atoms with E-state index in [-0.39, 0.29) is 6.42 Å². The van der Waals surface area contributed by atoms with Crippen LogP contribution < -0.4 is 0 Å². The molecule has 21 heavy (non-hydrogen) atoms. The summed E-state index contributed by atoms with van der Waals surface area (Å²) in [5.41, 5.74) is 1.47. The Hall–Kier alpha value is -2.08. The maximum Gasteiger partial charge on any atom is 0.310 e. The molecule has 1 N–H and O–H groups in total. The van der Waals surface area contributed by atoms with Crippen LogP contribution in [0, 0.1) is 10.8 Å². The first-order valence-corrected chi connectivity index (χ1v) is 7.07. The maximum atomic E-state index is 11.1. The number of rotatable bonds is 6. The molecule has 0 aliphatic rings. The van der Waals surface area contributed by atoms with Crippen LogP contribution in [0.15, 0.2) is 52.8 Å². The molecule has 0 spiro atoms. The fourth-order valence-corrected chi connectivity index (χ4v) is 2.46. The second kappa shape index (κ2) is 6.58. The summed E-state index contributed by atoms with van der Waals surface area (Å²) in [6.45, 7) is 3.48. The number of aliphatic carboxylic acids is 1. The number of carboxylic acid groups (broad SMARTS) is 1. The molecule has 0 aliphatic carbocycles. The molecule has 1 heterocycles. The van der Waals surface area contributed by atoms with Gasteiger partial charge >= 0.3 is 5.97 Å². The van der Waals surface area contributed by atoms with Crippen molar-refractivity contribution in [2.24, 2.45) is 11.1 Å². The van der Waals surface area contributed by atoms with Gasteiger partial charge in [0.25, 0.3) is 0 Å². The quantitative estimate of drug-likeness (QED) is 0.629. The van der Waals surface area contributed by atoms with Gasteiger partial charge in [0.2, 0.25) is 0 Å². The highest BCUT2D eigenvalue weighted by Gasteiger charge is 2.22. The van der Waals surface area contributed by atoms with Crippen molar-refractivity contribution in [2.75, 3.05) is 0 Å². The van der Waals surface area contributed by atoms with E-state index in [1.165, 1.54) is 6.08 Å². The van der Waals surface area contributed by atoms with Gasteiger partial charge in [0.05, 0.1) is 11.4 Å². The van der Waals surface area contributed by atoms with E-state index in [4.69, 9.17) is 5.11 Å². The lowest BCUT2D eigenvalue weighted by Gasteiger charge is -2.13. The Morgan fingerprint density at radius 1 is 1.48 bits per heavy atom. The third kappa shape index (κ3) is 3.52. The van der Waals surface area contributed by atoms with Crippen LogP contribution in [0.3, 0.4) is 0 Å². The summed E-state index contributed by atoms with van der Waals surface area (Å²) >= 11 is 3.34. The van der Waals surface area contributed by atoms with Crippen LogP contribution >= 0.6 is 15.9 Å². The molecule has 0 saturated carbocycles. The van der Waals surface area contributed by atoms with Crippen molar-refractivity contribution >= 4 is 32.8 Å². The van der Waals surface area contributed by atoms with E-state index in [1.54, 1.807) is 24.4 Å². The summed E-state index contributed by atoms with van der Waals surface area (Å²) in [6.07, 6.45) is 3.10. The summed E-state index contributed by atoms with van der Waals surface area (Å²) in [7, 11) is 0. The first kappa shape index (κ1) is 15.3. The van der Waals surface area contributed by atoms with E-state index < -0.39 is 17.9 Å². The highest BCUT2D eigenvalue weighted by Crippen LogP contribution is 2.29. The van der Waals surface area contributed by atoms with Crippen molar-refractivity contribution < 1.29 is 9.90 Å². The van der Waals surface area contributed by atoms with Crippen LogP contribution in [0.5, 0.6) is 0 Å². The summed E-state index contributed by atoms with van der Waals surface area (Å²) in [6, 6.07) is 6.50. The minimum atomic E-state index is -1.01. The molecule has 6 heteroatoms. The number of hydrogen-bond acceptors (Lipinski definition) is 4. The Morgan fingerprint density at radius 3 is 2.86 bits per heavy atom. The average molecular weight is 349 g/mol. The largest absolute Gasteiger partial charge is 0.481 e. The number of halogens is 1. The molecular weight excluding hydrogens is 336 g/mol. The number of aromatic nitrogens is 1. The Balaban J connectivity index is 2.35. The number of carbonyl (C=O) groups is 1. The molecule has 0 fully saturated rings. The monoisotopic (exact) mass is 348 g/mol. The molecule has 0 amide bonds. The van der Waals surface area contributed by atoms with Crippen molar-refractivity contribution in [3.63, 3.8) is 0 Å². The van der Waals surface area contributed by atoms with E-state index in [9.17, 15) is 9.70 Å². The zero-order chi connectivity index (χ0) is 15.4. The molecule has 2 atom stereocenters. The number of fused-ring (bicyclic) bond motifs is 1. The van der Waals surface area contributed by atoms with Crippen molar-refractivity contribution in [1.29, 1.82) is 0 Å². The molecule has 0 aliphatic heterocycles. The molecule has 5 nitrogen and oxygen atoms in total. The molecule has 1 aromatic heterocycles. The van der Waals surface area contributed by atoms with Crippen LogP contribution in [0.2, 0.25) is 0 Å². The molecule has 1 aromatic carbocycles. The molecule has 2 unspecified atom stereocenters. The fraction of sp³-hybridized carbons (Fsp3) is 0.200. The van der Waals surface area contributed by atoms with Gasteiger partial charge in [0.15, 0.2) is 0 Å². The zero-order valence-electron chi connectivity index (χ0n) is 11.1. The number of benzene rings is 1. The summed E-state index contributed by atoms with van der Waals surface area (Å²) < 4.78 is 0.831. The summed E-state index contributed by atoms with van der Waals surface area (Å²) in [5.74, 6) is -1.81. The van der Waals surface area contributed by atoms with Crippen LogP contribution in [-0.2, 0) is 4.79 Å². The maximum absolute atomic E-state index is 11.1. The zero-order valence-corrected chi connectivity index (χ0v) is 12.7.